The summed E-state index contributed by atoms with van der Waals surface area (Å²) >= 11 is 6.07. The Balaban J connectivity index is 2.16. The second-order valence-corrected chi connectivity index (χ2v) is 5.55. The molecule has 1 saturated heterocycles. The molecular weight excluding hydrogens is 274 g/mol. The Morgan fingerprint density at radius 3 is 2.30 bits per heavy atom. The summed E-state index contributed by atoms with van der Waals surface area (Å²) in [5.74, 6) is 2.25. The summed E-state index contributed by atoms with van der Waals surface area (Å²) in [5, 5.41) is 0.287. The molecule has 20 heavy (non-hydrogen) atoms. The maximum atomic E-state index is 6.07. The molecule has 6 heteroatoms. The second-order valence-electron chi connectivity index (χ2n) is 5.22. The van der Waals surface area contributed by atoms with Crippen LogP contribution in [0.3, 0.4) is 0 Å². The van der Waals surface area contributed by atoms with Crippen molar-refractivity contribution >= 4 is 23.5 Å². The summed E-state index contributed by atoms with van der Waals surface area (Å²) in [6, 6.07) is 0. The fourth-order valence-electron chi connectivity index (χ4n) is 2.66. The zero-order valence-electron chi connectivity index (χ0n) is 12.6. The van der Waals surface area contributed by atoms with E-state index in [9.17, 15) is 0 Å². The Labute approximate surface area is 126 Å². The molecule has 0 radical (unpaired) electrons. The molecule has 0 aliphatic carbocycles. The van der Waals surface area contributed by atoms with Gasteiger partial charge in [0.25, 0.3) is 0 Å². The maximum Gasteiger partial charge on any atom is 0.231 e. The van der Waals surface area contributed by atoms with Crippen molar-refractivity contribution in [2.45, 2.75) is 40.0 Å². The van der Waals surface area contributed by atoms with Crippen molar-refractivity contribution in [2.75, 3.05) is 36.0 Å². The number of hydrogen-bond acceptors (Lipinski definition) is 5. The van der Waals surface area contributed by atoms with Crippen LogP contribution in [0.2, 0.25) is 5.28 Å². The van der Waals surface area contributed by atoms with Crippen LogP contribution < -0.4 is 9.80 Å². The van der Waals surface area contributed by atoms with Crippen molar-refractivity contribution in [3.05, 3.63) is 5.28 Å². The van der Waals surface area contributed by atoms with Crippen molar-refractivity contribution < 1.29 is 0 Å². The van der Waals surface area contributed by atoms with E-state index < -0.39 is 0 Å². The van der Waals surface area contributed by atoms with Gasteiger partial charge >= 0.3 is 0 Å². The van der Waals surface area contributed by atoms with Gasteiger partial charge in [0, 0.05) is 26.2 Å². The molecule has 0 N–H and O–H groups in total. The zero-order chi connectivity index (χ0) is 14.5. The highest BCUT2D eigenvalue weighted by Crippen LogP contribution is 2.24. The second kappa shape index (κ2) is 7.07. The van der Waals surface area contributed by atoms with Crippen LogP contribution in [0.4, 0.5) is 11.9 Å². The molecule has 0 aromatic carbocycles. The molecule has 1 aromatic rings. The molecular formula is C14H24ClN5. The van der Waals surface area contributed by atoms with Crippen LogP contribution in [0.25, 0.3) is 0 Å². The molecule has 2 rings (SSSR count). The van der Waals surface area contributed by atoms with Crippen molar-refractivity contribution in [2.24, 2.45) is 5.92 Å². The van der Waals surface area contributed by atoms with Gasteiger partial charge in [-0.05, 0) is 44.2 Å². The SMILES string of the molecule is CCC1CCN(c2nc(Cl)nc(N(CC)CC)n2)CC1. The highest BCUT2D eigenvalue weighted by molar-refractivity contribution is 6.28. The van der Waals surface area contributed by atoms with Crippen LogP contribution in [0.15, 0.2) is 0 Å². The van der Waals surface area contributed by atoms with Crippen LogP contribution in [0.5, 0.6) is 0 Å². The number of rotatable bonds is 5. The molecule has 1 aliphatic heterocycles. The lowest BCUT2D eigenvalue weighted by Crippen LogP contribution is -2.35. The molecule has 2 heterocycles. The number of nitrogens with zero attached hydrogens (tertiary/aromatic N) is 5. The molecule has 0 atom stereocenters. The van der Waals surface area contributed by atoms with Gasteiger partial charge in [-0.1, -0.05) is 13.3 Å². The molecule has 0 amide bonds. The van der Waals surface area contributed by atoms with Gasteiger partial charge in [0.1, 0.15) is 0 Å². The molecule has 0 spiro atoms. The van der Waals surface area contributed by atoms with Crippen molar-refractivity contribution in [3.63, 3.8) is 0 Å². The third kappa shape index (κ3) is 3.51. The van der Waals surface area contributed by atoms with E-state index in [0.717, 1.165) is 38.0 Å². The molecule has 0 saturated carbocycles. The lowest BCUT2D eigenvalue weighted by molar-refractivity contribution is 0.392. The lowest BCUT2D eigenvalue weighted by atomic mass is 9.95. The average Bonchev–Trinajstić information content (AvgIpc) is 2.48. The van der Waals surface area contributed by atoms with E-state index in [1.54, 1.807) is 0 Å². The van der Waals surface area contributed by atoms with E-state index >= 15 is 0 Å². The zero-order valence-corrected chi connectivity index (χ0v) is 13.4. The molecule has 0 unspecified atom stereocenters. The van der Waals surface area contributed by atoms with Crippen LogP contribution in [0, 0.1) is 5.92 Å². The van der Waals surface area contributed by atoms with E-state index in [-0.39, 0.29) is 5.28 Å². The normalized spacial score (nSPS) is 16.5. The van der Waals surface area contributed by atoms with Gasteiger partial charge < -0.3 is 9.80 Å². The molecule has 112 valence electrons. The first kappa shape index (κ1) is 15.3. The third-order valence-electron chi connectivity index (χ3n) is 4.11. The Morgan fingerprint density at radius 2 is 1.75 bits per heavy atom. The van der Waals surface area contributed by atoms with E-state index in [1.165, 1.54) is 19.3 Å². The lowest BCUT2D eigenvalue weighted by Gasteiger charge is -2.32. The minimum atomic E-state index is 0.287. The summed E-state index contributed by atoms with van der Waals surface area (Å²) in [7, 11) is 0. The van der Waals surface area contributed by atoms with Gasteiger partial charge in [0.2, 0.25) is 17.2 Å². The smallest absolute Gasteiger partial charge is 0.231 e. The third-order valence-corrected chi connectivity index (χ3v) is 4.27. The number of piperidine rings is 1. The van der Waals surface area contributed by atoms with Crippen LogP contribution >= 0.6 is 11.6 Å². The monoisotopic (exact) mass is 297 g/mol. The summed E-state index contributed by atoms with van der Waals surface area (Å²) < 4.78 is 0. The van der Waals surface area contributed by atoms with Crippen molar-refractivity contribution in [1.82, 2.24) is 15.0 Å². The molecule has 1 aromatic heterocycles. The number of aromatic nitrogens is 3. The first-order chi connectivity index (χ1) is 9.67. The Bertz CT molecular complexity index is 428. The Morgan fingerprint density at radius 1 is 1.10 bits per heavy atom. The van der Waals surface area contributed by atoms with Gasteiger partial charge in [-0.3, -0.25) is 0 Å². The highest BCUT2D eigenvalue weighted by Gasteiger charge is 2.21. The molecule has 5 nitrogen and oxygen atoms in total. The predicted octanol–water partition coefficient (Wildman–Crippen LogP) is 3.00. The quantitative estimate of drug-likeness (QED) is 0.836. The predicted molar refractivity (Wildman–Crippen MR) is 83.6 cm³/mol. The topological polar surface area (TPSA) is 45.2 Å². The highest BCUT2D eigenvalue weighted by atomic mass is 35.5. The van der Waals surface area contributed by atoms with Crippen molar-refractivity contribution in [3.8, 4) is 0 Å². The van der Waals surface area contributed by atoms with Gasteiger partial charge in [-0.2, -0.15) is 15.0 Å². The van der Waals surface area contributed by atoms with Gasteiger partial charge in [0.05, 0.1) is 0 Å². The van der Waals surface area contributed by atoms with Crippen LogP contribution in [0.1, 0.15) is 40.0 Å². The first-order valence-electron chi connectivity index (χ1n) is 7.59. The maximum absolute atomic E-state index is 6.07. The van der Waals surface area contributed by atoms with E-state index in [2.05, 4.69) is 45.5 Å². The molecule has 1 fully saturated rings. The summed E-state index contributed by atoms with van der Waals surface area (Å²) in [4.78, 5) is 17.5. The largest absolute Gasteiger partial charge is 0.341 e. The minimum absolute atomic E-state index is 0.287. The fourth-order valence-corrected chi connectivity index (χ4v) is 2.81. The Hall–Kier alpha value is -1.10. The minimum Gasteiger partial charge on any atom is -0.341 e. The van der Waals surface area contributed by atoms with Gasteiger partial charge in [-0.25, -0.2) is 0 Å². The number of hydrogen-bond donors (Lipinski definition) is 0. The average molecular weight is 298 g/mol. The Kier molecular flexibility index (Phi) is 5.40. The van der Waals surface area contributed by atoms with E-state index in [1.807, 2.05) is 0 Å². The number of halogens is 1. The number of anilines is 2. The van der Waals surface area contributed by atoms with Crippen LogP contribution in [-0.4, -0.2) is 41.1 Å². The first-order valence-corrected chi connectivity index (χ1v) is 7.97. The van der Waals surface area contributed by atoms with E-state index in [0.29, 0.717) is 5.95 Å². The van der Waals surface area contributed by atoms with Gasteiger partial charge in [0.15, 0.2) is 0 Å². The van der Waals surface area contributed by atoms with Crippen molar-refractivity contribution in [1.29, 1.82) is 0 Å². The fraction of sp³-hybridized carbons (Fsp3) is 0.786. The van der Waals surface area contributed by atoms with E-state index in [4.69, 9.17) is 11.6 Å². The summed E-state index contributed by atoms with van der Waals surface area (Å²) in [6.45, 7) is 10.2. The molecule has 1 aliphatic rings. The van der Waals surface area contributed by atoms with Crippen LogP contribution in [-0.2, 0) is 0 Å². The van der Waals surface area contributed by atoms with Gasteiger partial charge in [-0.15, -0.1) is 0 Å². The summed E-state index contributed by atoms with van der Waals surface area (Å²) in [6.07, 6.45) is 3.68. The summed E-state index contributed by atoms with van der Waals surface area (Å²) in [5.41, 5.74) is 0. The standard InChI is InChI=1S/C14H24ClN5/c1-4-11-7-9-20(10-8-11)14-17-12(15)16-13(18-14)19(5-2)6-3/h11H,4-10H2,1-3H3. The molecule has 0 bridgehead atoms.